The number of halogens is 2. The van der Waals surface area contributed by atoms with Crippen LogP contribution in [0, 0.1) is 0 Å². The molecular weight excluding hydrogens is 263 g/mol. The second kappa shape index (κ2) is 5.77. The van der Waals surface area contributed by atoms with E-state index in [9.17, 15) is 0 Å². The molecule has 0 fully saturated rings. The Morgan fingerprint density at radius 1 is 0.944 bits per heavy atom. The molecule has 0 N–H and O–H groups in total. The van der Waals surface area contributed by atoms with E-state index in [1.165, 1.54) is 5.56 Å². The van der Waals surface area contributed by atoms with Crippen molar-refractivity contribution in [2.45, 2.75) is 26.2 Å². The Balaban J connectivity index is 2.45. The van der Waals surface area contributed by atoms with Gasteiger partial charge in [0.05, 0.1) is 0 Å². The fourth-order valence-corrected chi connectivity index (χ4v) is 2.72. The number of rotatable bonds is 3. The fraction of sp³-hybridized carbons (Fsp3) is 0.250. The summed E-state index contributed by atoms with van der Waals surface area (Å²) in [5, 5.41) is 1.60. The van der Waals surface area contributed by atoms with Crippen molar-refractivity contribution >= 4 is 23.2 Å². The third kappa shape index (κ3) is 2.71. The maximum atomic E-state index is 6.31. The van der Waals surface area contributed by atoms with Crippen LogP contribution in [0.5, 0.6) is 0 Å². The molecule has 0 saturated carbocycles. The predicted octanol–water partition coefficient (Wildman–Crippen LogP) is 5.71. The summed E-state index contributed by atoms with van der Waals surface area (Å²) < 4.78 is 0. The van der Waals surface area contributed by atoms with Crippen LogP contribution in [0.3, 0.4) is 0 Å². The smallest absolute Gasteiger partial charge is 0.0444 e. The van der Waals surface area contributed by atoms with Gasteiger partial charge in [0, 0.05) is 16.0 Å². The van der Waals surface area contributed by atoms with Crippen LogP contribution in [0.2, 0.25) is 10.0 Å². The molecule has 0 aromatic heterocycles. The standard InChI is InChI=1S/C16H16Cl2/c1-3-12-8-9-16(18)14(10-12)11(2)13-6-4-5-7-15(13)17/h4-11H,3H2,1-2H3/t11-/m1/s1. The molecule has 0 bridgehead atoms. The Hall–Kier alpha value is -0.980. The summed E-state index contributed by atoms with van der Waals surface area (Å²) in [4.78, 5) is 0. The molecule has 2 aromatic carbocycles. The van der Waals surface area contributed by atoms with E-state index in [2.05, 4.69) is 32.0 Å². The number of hydrogen-bond acceptors (Lipinski definition) is 0. The van der Waals surface area contributed by atoms with Crippen molar-refractivity contribution in [3.8, 4) is 0 Å². The topological polar surface area (TPSA) is 0 Å². The minimum absolute atomic E-state index is 0.206. The molecule has 0 unspecified atom stereocenters. The molecule has 2 aromatic rings. The minimum Gasteiger partial charge on any atom is -0.0840 e. The van der Waals surface area contributed by atoms with Gasteiger partial charge < -0.3 is 0 Å². The first-order valence-corrected chi connectivity index (χ1v) is 6.91. The second-order valence-corrected chi connectivity index (χ2v) is 5.27. The van der Waals surface area contributed by atoms with E-state index in [0.29, 0.717) is 0 Å². The van der Waals surface area contributed by atoms with Crippen LogP contribution in [-0.2, 0) is 6.42 Å². The molecule has 18 heavy (non-hydrogen) atoms. The van der Waals surface area contributed by atoms with E-state index in [1.807, 2.05) is 24.3 Å². The van der Waals surface area contributed by atoms with Gasteiger partial charge in [0.1, 0.15) is 0 Å². The summed E-state index contributed by atoms with van der Waals surface area (Å²) in [7, 11) is 0. The lowest BCUT2D eigenvalue weighted by Gasteiger charge is -2.16. The summed E-state index contributed by atoms with van der Waals surface area (Å²) >= 11 is 12.6. The number of aryl methyl sites for hydroxylation is 1. The summed E-state index contributed by atoms with van der Waals surface area (Å²) in [5.74, 6) is 0.206. The quantitative estimate of drug-likeness (QED) is 0.675. The number of benzene rings is 2. The zero-order valence-corrected chi connectivity index (χ0v) is 12.1. The molecular formula is C16H16Cl2. The highest BCUT2D eigenvalue weighted by Gasteiger charge is 2.14. The molecule has 0 radical (unpaired) electrons. The van der Waals surface area contributed by atoms with Gasteiger partial charge >= 0.3 is 0 Å². The van der Waals surface area contributed by atoms with Crippen LogP contribution in [0.1, 0.15) is 36.5 Å². The normalized spacial score (nSPS) is 12.4. The third-order valence-electron chi connectivity index (χ3n) is 3.31. The van der Waals surface area contributed by atoms with Crippen molar-refractivity contribution in [2.24, 2.45) is 0 Å². The van der Waals surface area contributed by atoms with Gasteiger partial charge in [-0.3, -0.25) is 0 Å². The molecule has 0 nitrogen and oxygen atoms in total. The van der Waals surface area contributed by atoms with Crippen molar-refractivity contribution in [2.75, 3.05) is 0 Å². The minimum atomic E-state index is 0.206. The summed E-state index contributed by atoms with van der Waals surface area (Å²) in [6.45, 7) is 4.29. The largest absolute Gasteiger partial charge is 0.0840 e. The molecule has 1 atom stereocenters. The van der Waals surface area contributed by atoms with Gasteiger partial charge in [-0.25, -0.2) is 0 Å². The average Bonchev–Trinajstić information content (AvgIpc) is 2.39. The van der Waals surface area contributed by atoms with Crippen LogP contribution in [0.4, 0.5) is 0 Å². The Kier molecular flexibility index (Phi) is 4.31. The lowest BCUT2D eigenvalue weighted by molar-refractivity contribution is 0.916. The molecule has 0 aliphatic heterocycles. The van der Waals surface area contributed by atoms with E-state index in [0.717, 1.165) is 27.6 Å². The van der Waals surface area contributed by atoms with Gasteiger partial charge in [0.15, 0.2) is 0 Å². The van der Waals surface area contributed by atoms with E-state index >= 15 is 0 Å². The predicted molar refractivity (Wildman–Crippen MR) is 79.8 cm³/mol. The molecule has 0 saturated heterocycles. The first-order chi connectivity index (χ1) is 8.63. The van der Waals surface area contributed by atoms with Gasteiger partial charge in [0.25, 0.3) is 0 Å². The van der Waals surface area contributed by atoms with Gasteiger partial charge in [-0.15, -0.1) is 0 Å². The van der Waals surface area contributed by atoms with Crippen LogP contribution in [0.25, 0.3) is 0 Å². The summed E-state index contributed by atoms with van der Waals surface area (Å²) in [6, 6.07) is 14.2. The first kappa shape index (κ1) is 13.5. The summed E-state index contributed by atoms with van der Waals surface area (Å²) in [6.07, 6.45) is 1.01. The van der Waals surface area contributed by atoms with Crippen LogP contribution < -0.4 is 0 Å². The molecule has 0 spiro atoms. The van der Waals surface area contributed by atoms with E-state index in [4.69, 9.17) is 23.2 Å². The molecule has 0 aliphatic rings. The maximum absolute atomic E-state index is 6.31. The van der Waals surface area contributed by atoms with E-state index in [-0.39, 0.29) is 5.92 Å². The lowest BCUT2D eigenvalue weighted by Crippen LogP contribution is -1.99. The van der Waals surface area contributed by atoms with Gasteiger partial charge in [0.2, 0.25) is 0 Å². The Bertz CT molecular complexity index is 547. The second-order valence-electron chi connectivity index (χ2n) is 4.45. The lowest BCUT2D eigenvalue weighted by atomic mass is 9.91. The van der Waals surface area contributed by atoms with Crippen molar-refractivity contribution in [3.05, 3.63) is 69.2 Å². The van der Waals surface area contributed by atoms with Crippen molar-refractivity contribution in [1.29, 1.82) is 0 Å². The highest BCUT2D eigenvalue weighted by molar-refractivity contribution is 6.32. The van der Waals surface area contributed by atoms with Gasteiger partial charge in [-0.1, -0.05) is 67.4 Å². The Morgan fingerprint density at radius 3 is 2.28 bits per heavy atom. The van der Waals surface area contributed by atoms with E-state index in [1.54, 1.807) is 0 Å². The average molecular weight is 279 g/mol. The molecule has 0 heterocycles. The van der Waals surface area contributed by atoms with Crippen molar-refractivity contribution in [3.63, 3.8) is 0 Å². The van der Waals surface area contributed by atoms with Crippen LogP contribution >= 0.6 is 23.2 Å². The number of hydrogen-bond donors (Lipinski definition) is 0. The molecule has 2 rings (SSSR count). The van der Waals surface area contributed by atoms with E-state index < -0.39 is 0 Å². The molecule has 0 aliphatic carbocycles. The highest BCUT2D eigenvalue weighted by atomic mass is 35.5. The van der Waals surface area contributed by atoms with Crippen LogP contribution in [0.15, 0.2) is 42.5 Å². The molecule has 2 heteroatoms. The van der Waals surface area contributed by atoms with Crippen LogP contribution in [-0.4, -0.2) is 0 Å². The summed E-state index contributed by atoms with van der Waals surface area (Å²) in [5.41, 5.74) is 3.56. The monoisotopic (exact) mass is 278 g/mol. The third-order valence-corrected chi connectivity index (χ3v) is 4.00. The zero-order valence-electron chi connectivity index (χ0n) is 10.6. The first-order valence-electron chi connectivity index (χ1n) is 6.16. The molecule has 94 valence electrons. The van der Waals surface area contributed by atoms with Crippen molar-refractivity contribution < 1.29 is 0 Å². The molecule has 0 amide bonds. The fourth-order valence-electron chi connectivity index (χ4n) is 2.14. The van der Waals surface area contributed by atoms with Gasteiger partial charge in [-0.05, 0) is 35.2 Å². The highest BCUT2D eigenvalue weighted by Crippen LogP contribution is 2.34. The Morgan fingerprint density at radius 2 is 1.61 bits per heavy atom. The maximum Gasteiger partial charge on any atom is 0.0444 e. The van der Waals surface area contributed by atoms with Gasteiger partial charge in [-0.2, -0.15) is 0 Å². The van der Waals surface area contributed by atoms with Crippen molar-refractivity contribution in [1.82, 2.24) is 0 Å². The SMILES string of the molecule is CCc1ccc(Cl)c([C@H](C)c2ccccc2Cl)c1. The zero-order chi connectivity index (χ0) is 13.1. The Labute approximate surface area is 119 Å².